The van der Waals surface area contributed by atoms with E-state index in [2.05, 4.69) is 52.9 Å². The number of imidazole rings is 1. The van der Waals surface area contributed by atoms with Crippen LogP contribution in [0.15, 0.2) is 18.7 Å². The maximum absolute atomic E-state index is 12.4. The molecule has 2 N–H and O–H groups in total. The number of aryl methyl sites for hydroxylation is 2. The van der Waals surface area contributed by atoms with Crippen molar-refractivity contribution in [3.8, 4) is 11.4 Å². The van der Waals surface area contributed by atoms with Crippen molar-refractivity contribution in [2.75, 3.05) is 11.9 Å². The van der Waals surface area contributed by atoms with E-state index in [0.29, 0.717) is 36.7 Å². The molecule has 4 heterocycles. The minimum Gasteiger partial charge on any atom is -0.465 e. The molecule has 0 saturated carbocycles. The van der Waals surface area contributed by atoms with Gasteiger partial charge in [-0.15, -0.1) is 0 Å². The van der Waals surface area contributed by atoms with Crippen LogP contribution in [0.3, 0.4) is 0 Å². The Morgan fingerprint density at radius 2 is 1.80 bits per heavy atom. The third kappa shape index (κ3) is 3.98. The number of nitrogens with zero attached hydrogens (tertiary/aromatic N) is 7. The van der Waals surface area contributed by atoms with E-state index >= 15 is 0 Å². The van der Waals surface area contributed by atoms with Gasteiger partial charge in [-0.3, -0.25) is 0 Å². The van der Waals surface area contributed by atoms with Gasteiger partial charge in [0, 0.05) is 25.5 Å². The number of fused-ring (bicyclic) bond motifs is 1. The lowest BCUT2D eigenvalue weighted by Gasteiger charge is -2.49. The van der Waals surface area contributed by atoms with Crippen LogP contribution in [0.4, 0.5) is 10.6 Å². The van der Waals surface area contributed by atoms with E-state index in [1.807, 2.05) is 18.4 Å². The Balaban J connectivity index is 1.82. The summed E-state index contributed by atoms with van der Waals surface area (Å²) in [7, 11) is 0. The molecule has 188 valence electrons. The van der Waals surface area contributed by atoms with Crippen molar-refractivity contribution in [1.29, 1.82) is 0 Å². The Morgan fingerprint density at radius 3 is 2.37 bits per heavy atom. The Bertz CT molecular complexity index is 1180. The highest BCUT2D eigenvalue weighted by atomic mass is 16.4. The molecule has 1 aliphatic rings. The van der Waals surface area contributed by atoms with Crippen molar-refractivity contribution in [3.05, 3.63) is 24.5 Å². The van der Waals surface area contributed by atoms with Crippen LogP contribution in [0.25, 0.3) is 22.6 Å². The van der Waals surface area contributed by atoms with Crippen LogP contribution in [0, 0.1) is 18.8 Å². The zero-order chi connectivity index (χ0) is 25.3. The van der Waals surface area contributed by atoms with Gasteiger partial charge in [-0.25, -0.2) is 29.7 Å². The van der Waals surface area contributed by atoms with E-state index in [9.17, 15) is 9.90 Å². The molecule has 3 atom stereocenters. The van der Waals surface area contributed by atoms with Crippen molar-refractivity contribution < 1.29 is 9.90 Å². The van der Waals surface area contributed by atoms with Crippen molar-refractivity contribution in [2.24, 2.45) is 11.8 Å². The van der Waals surface area contributed by atoms with Crippen LogP contribution < -0.4 is 5.32 Å². The molecule has 3 unspecified atom stereocenters. The molecule has 0 aliphatic carbocycles. The largest absolute Gasteiger partial charge is 0.465 e. The molecule has 0 radical (unpaired) electrons. The van der Waals surface area contributed by atoms with Crippen LogP contribution >= 0.6 is 0 Å². The van der Waals surface area contributed by atoms with Gasteiger partial charge in [0.15, 0.2) is 17.0 Å². The minimum atomic E-state index is -0.861. The van der Waals surface area contributed by atoms with Crippen molar-refractivity contribution in [3.63, 3.8) is 0 Å². The number of hydrogen-bond acceptors (Lipinski definition) is 7. The van der Waals surface area contributed by atoms with Crippen LogP contribution in [-0.4, -0.2) is 63.7 Å². The topological polar surface area (TPSA) is 122 Å². The fourth-order valence-electron chi connectivity index (χ4n) is 5.91. The molecule has 0 spiro atoms. The average molecular weight is 481 g/mol. The zero-order valence-corrected chi connectivity index (χ0v) is 21.5. The molecule has 1 fully saturated rings. The summed E-state index contributed by atoms with van der Waals surface area (Å²) >= 11 is 0. The van der Waals surface area contributed by atoms with Gasteiger partial charge in [-0.1, -0.05) is 40.5 Å². The quantitative estimate of drug-likeness (QED) is 0.479. The summed E-state index contributed by atoms with van der Waals surface area (Å²) in [6.45, 7) is 13.7. The lowest BCUT2D eigenvalue weighted by Crippen LogP contribution is -2.62. The summed E-state index contributed by atoms with van der Waals surface area (Å²) in [5, 5.41) is 13.8. The molecule has 1 aliphatic heterocycles. The summed E-state index contributed by atoms with van der Waals surface area (Å²) in [5.41, 5.74) is 1.66. The van der Waals surface area contributed by atoms with E-state index in [0.717, 1.165) is 29.9 Å². The molecular formula is C25H36N8O2. The number of anilines is 1. The first-order chi connectivity index (χ1) is 16.8. The standard InChI is InChI=1S/C25H36N8O2/c1-7-15(4)25(16(5)8-2)19(10-11-33(25)24(34)35)30-21-20-23(29-14-28-21)32(9-3)22(31-20)18-12-26-17(6)27-13-18/h12-16,19H,7-11H2,1-6H3,(H,34,35)(H,28,29,30). The lowest BCUT2D eigenvalue weighted by molar-refractivity contribution is 0.0228. The number of aromatic nitrogens is 6. The number of rotatable bonds is 8. The first kappa shape index (κ1) is 24.8. The number of amides is 1. The highest BCUT2D eigenvalue weighted by Crippen LogP contribution is 2.46. The van der Waals surface area contributed by atoms with Crippen molar-refractivity contribution in [1.82, 2.24) is 34.4 Å². The lowest BCUT2D eigenvalue weighted by atomic mass is 9.68. The van der Waals surface area contributed by atoms with E-state index < -0.39 is 11.6 Å². The fraction of sp³-hybridized carbons (Fsp3) is 0.600. The highest BCUT2D eigenvalue weighted by molar-refractivity contribution is 5.86. The number of likely N-dealkylation sites (tertiary alicyclic amines) is 1. The molecule has 35 heavy (non-hydrogen) atoms. The normalized spacial score (nSPS) is 21.9. The number of carboxylic acid groups (broad SMARTS) is 1. The molecule has 1 amide bonds. The second-order valence-electron chi connectivity index (χ2n) is 9.52. The van der Waals surface area contributed by atoms with Gasteiger partial charge in [0.2, 0.25) is 0 Å². The van der Waals surface area contributed by atoms with Crippen LogP contribution in [0.2, 0.25) is 0 Å². The molecule has 3 aromatic heterocycles. The van der Waals surface area contributed by atoms with E-state index in [4.69, 9.17) is 4.98 Å². The molecule has 10 heteroatoms. The van der Waals surface area contributed by atoms with E-state index in [1.165, 1.54) is 0 Å². The minimum absolute atomic E-state index is 0.0977. The van der Waals surface area contributed by atoms with E-state index in [1.54, 1.807) is 23.6 Å². The van der Waals surface area contributed by atoms with Gasteiger partial charge in [-0.2, -0.15) is 0 Å². The van der Waals surface area contributed by atoms with Gasteiger partial charge in [0.05, 0.1) is 17.1 Å². The van der Waals surface area contributed by atoms with Crippen molar-refractivity contribution in [2.45, 2.75) is 78.9 Å². The second-order valence-corrected chi connectivity index (χ2v) is 9.52. The van der Waals surface area contributed by atoms with E-state index in [-0.39, 0.29) is 17.9 Å². The molecule has 3 aromatic rings. The monoisotopic (exact) mass is 480 g/mol. The number of nitrogens with one attached hydrogen (secondary N) is 1. The third-order valence-electron chi connectivity index (χ3n) is 7.90. The average Bonchev–Trinajstić information content (AvgIpc) is 3.43. The zero-order valence-electron chi connectivity index (χ0n) is 21.5. The Morgan fingerprint density at radius 1 is 1.14 bits per heavy atom. The van der Waals surface area contributed by atoms with Crippen LogP contribution in [-0.2, 0) is 6.54 Å². The molecule has 10 nitrogen and oxygen atoms in total. The third-order valence-corrected chi connectivity index (χ3v) is 7.90. The van der Waals surface area contributed by atoms with Gasteiger partial charge in [-0.05, 0) is 32.1 Å². The summed E-state index contributed by atoms with van der Waals surface area (Å²) in [5.74, 6) is 2.40. The smallest absolute Gasteiger partial charge is 0.407 e. The molecule has 4 rings (SSSR count). The van der Waals surface area contributed by atoms with Crippen LogP contribution in [0.1, 0.15) is 59.7 Å². The second kappa shape index (κ2) is 9.75. The Kier molecular flexibility index (Phi) is 6.91. The highest BCUT2D eigenvalue weighted by Gasteiger charge is 2.56. The Hall–Kier alpha value is -3.30. The summed E-state index contributed by atoms with van der Waals surface area (Å²) < 4.78 is 2.03. The molecule has 0 aromatic carbocycles. The number of hydrogen-bond donors (Lipinski definition) is 2. The fourth-order valence-corrected chi connectivity index (χ4v) is 5.91. The van der Waals surface area contributed by atoms with Gasteiger partial charge in [0.1, 0.15) is 18.0 Å². The first-order valence-electron chi connectivity index (χ1n) is 12.6. The maximum atomic E-state index is 12.4. The Labute approximate surface area is 206 Å². The molecular weight excluding hydrogens is 444 g/mol. The summed E-state index contributed by atoms with van der Waals surface area (Å²) in [6, 6.07) is -0.0977. The van der Waals surface area contributed by atoms with Crippen LogP contribution in [0.5, 0.6) is 0 Å². The summed E-state index contributed by atoms with van der Waals surface area (Å²) in [6.07, 6.45) is 6.70. The van der Waals surface area contributed by atoms with Gasteiger partial charge >= 0.3 is 6.09 Å². The predicted molar refractivity (Wildman–Crippen MR) is 135 cm³/mol. The van der Waals surface area contributed by atoms with Gasteiger partial charge in [0.25, 0.3) is 0 Å². The first-order valence-corrected chi connectivity index (χ1v) is 12.6. The van der Waals surface area contributed by atoms with Gasteiger partial charge < -0.3 is 19.9 Å². The number of carbonyl (C=O) groups is 1. The predicted octanol–water partition coefficient (Wildman–Crippen LogP) is 4.61. The molecule has 1 saturated heterocycles. The van der Waals surface area contributed by atoms with Crippen molar-refractivity contribution >= 4 is 23.1 Å². The molecule has 0 bridgehead atoms. The summed E-state index contributed by atoms with van der Waals surface area (Å²) in [4.78, 5) is 36.8. The maximum Gasteiger partial charge on any atom is 0.407 e. The SMILES string of the molecule is CCC(C)C1(C(C)CC)C(Nc2ncnc3c2nc(-c2cnc(C)nc2)n3CC)CCN1C(=O)O.